The Bertz CT molecular complexity index is 244. The number of thioether (sulfide) groups is 1. The van der Waals surface area contributed by atoms with E-state index in [0.29, 0.717) is 6.42 Å². The molecule has 2 rings (SSSR count). The van der Waals surface area contributed by atoms with Gasteiger partial charge < -0.3 is 5.11 Å². The van der Waals surface area contributed by atoms with Gasteiger partial charge in [-0.15, -0.1) is 0 Å². The number of carboxylic acids is 1. The summed E-state index contributed by atoms with van der Waals surface area (Å²) in [7, 11) is 0. The molecular weight excluding hydrogens is 254 g/mol. The second-order valence-electron chi connectivity index (χ2n) is 3.68. The monoisotopic (exact) mass is 275 g/mol. The molecule has 1 aromatic rings. The van der Waals surface area contributed by atoms with Crippen molar-refractivity contribution < 1.29 is 9.90 Å². The minimum Gasteiger partial charge on any atom is -0.481 e. The van der Waals surface area contributed by atoms with Gasteiger partial charge in [-0.05, 0) is 24.0 Å². The Hall–Kier alpha value is -0.550. The predicted molar refractivity (Wildman–Crippen MR) is 75.8 cm³/mol. The molecule has 0 aliphatic carbocycles. The van der Waals surface area contributed by atoms with E-state index in [1.165, 1.54) is 17.3 Å². The lowest BCUT2D eigenvalue weighted by Gasteiger charge is -1.89. The van der Waals surface area contributed by atoms with E-state index in [4.69, 9.17) is 5.11 Å². The fraction of sp³-hybridized carbons (Fsp3) is 0.667. The normalized spacial score (nSPS) is 16.0. The van der Waals surface area contributed by atoms with Crippen molar-refractivity contribution in [2.75, 3.05) is 5.75 Å². The van der Waals surface area contributed by atoms with E-state index < -0.39 is 5.97 Å². The van der Waals surface area contributed by atoms with Crippen LogP contribution in [0.1, 0.15) is 39.5 Å². The van der Waals surface area contributed by atoms with Gasteiger partial charge in [-0.1, -0.05) is 26.7 Å². The van der Waals surface area contributed by atoms with Crippen molar-refractivity contribution in [3.05, 3.63) is 17.6 Å². The Morgan fingerprint density at radius 3 is 2.41 bits per heavy atom. The van der Waals surface area contributed by atoms with E-state index in [1.54, 1.807) is 6.20 Å². The largest absolute Gasteiger partial charge is 0.481 e. The molecule has 2 heterocycles. The minimum absolute atomic E-state index is 0.327. The van der Waals surface area contributed by atoms with E-state index in [2.05, 4.69) is 18.2 Å². The van der Waals surface area contributed by atoms with Crippen LogP contribution in [0.25, 0.3) is 0 Å². The van der Waals surface area contributed by atoms with Crippen molar-refractivity contribution in [2.24, 2.45) is 0 Å². The van der Waals surface area contributed by atoms with Crippen LogP contribution in [0.15, 0.2) is 17.6 Å². The fourth-order valence-corrected chi connectivity index (χ4v) is 1.34. The van der Waals surface area contributed by atoms with Crippen LogP contribution in [0.3, 0.4) is 0 Å². The summed E-state index contributed by atoms with van der Waals surface area (Å²) in [6, 6.07) is 1.91. The second-order valence-corrected chi connectivity index (χ2v) is 5.85. The number of rotatable bonds is 4. The minimum atomic E-state index is -0.682. The summed E-state index contributed by atoms with van der Waals surface area (Å²) in [6.45, 7) is 4.30. The Kier molecular flexibility index (Phi) is 11.5. The lowest BCUT2D eigenvalue weighted by Crippen LogP contribution is -1.92. The van der Waals surface area contributed by atoms with Crippen molar-refractivity contribution in [1.82, 2.24) is 4.37 Å². The predicted octanol–water partition coefficient (Wildman–Crippen LogP) is 3.92. The number of carboxylic acid groups (broad SMARTS) is 1. The lowest BCUT2D eigenvalue weighted by atomic mass is 10.2. The van der Waals surface area contributed by atoms with Crippen LogP contribution in [-0.2, 0) is 4.79 Å². The summed E-state index contributed by atoms with van der Waals surface area (Å²) in [5.74, 6) is 0.721. The average Bonchev–Trinajstić information content (AvgIpc) is 2.89. The van der Waals surface area contributed by atoms with Gasteiger partial charge in [0, 0.05) is 29.0 Å². The van der Waals surface area contributed by atoms with Gasteiger partial charge in [0.25, 0.3) is 0 Å². The first-order valence-corrected chi connectivity index (χ1v) is 7.73. The highest BCUT2D eigenvalue weighted by Crippen LogP contribution is 2.28. The standard InChI is InChI=1S/C6H12O2.C3H3NS.C3H6S/c1-2-3-4-5-6(7)8;1-2-4-5-3-1;1-3-2-4-3/h2-5H2,1H3,(H,7,8);1-3H;3H,2H2,1H3. The van der Waals surface area contributed by atoms with Crippen molar-refractivity contribution in [1.29, 1.82) is 0 Å². The number of hydrogen-bond acceptors (Lipinski definition) is 4. The third-order valence-electron chi connectivity index (χ3n) is 1.84. The smallest absolute Gasteiger partial charge is 0.303 e. The molecule has 3 nitrogen and oxygen atoms in total. The quantitative estimate of drug-likeness (QED) is 0.668. The molecule has 0 radical (unpaired) electrons. The van der Waals surface area contributed by atoms with Crippen LogP contribution in [-0.4, -0.2) is 26.5 Å². The molecule has 0 spiro atoms. The van der Waals surface area contributed by atoms with Gasteiger partial charge in [-0.25, -0.2) is 4.37 Å². The molecule has 98 valence electrons. The van der Waals surface area contributed by atoms with Crippen LogP contribution in [0, 0.1) is 0 Å². The first-order chi connectivity index (χ1) is 8.16. The van der Waals surface area contributed by atoms with Gasteiger partial charge in [-0.2, -0.15) is 11.8 Å². The highest BCUT2D eigenvalue weighted by molar-refractivity contribution is 8.06. The Labute approximate surface area is 112 Å². The molecule has 1 atom stereocenters. The maximum Gasteiger partial charge on any atom is 0.303 e. The summed E-state index contributed by atoms with van der Waals surface area (Å²) in [5, 5.41) is 11.1. The van der Waals surface area contributed by atoms with Gasteiger partial charge in [0.15, 0.2) is 0 Å². The zero-order chi connectivity index (χ0) is 12.9. The molecule has 1 aliphatic rings. The van der Waals surface area contributed by atoms with Crippen LogP contribution in [0.2, 0.25) is 0 Å². The molecule has 17 heavy (non-hydrogen) atoms. The van der Waals surface area contributed by atoms with Gasteiger partial charge in [0.05, 0.1) is 0 Å². The van der Waals surface area contributed by atoms with E-state index in [9.17, 15) is 4.79 Å². The summed E-state index contributed by atoms with van der Waals surface area (Å²) in [4.78, 5) is 9.87. The van der Waals surface area contributed by atoms with Crippen molar-refractivity contribution in [2.45, 2.75) is 44.8 Å². The number of carbonyl (C=O) groups is 1. The van der Waals surface area contributed by atoms with Crippen LogP contribution >= 0.6 is 23.3 Å². The molecule has 1 aliphatic heterocycles. The number of unbranched alkanes of at least 4 members (excludes halogenated alkanes) is 2. The molecule has 1 aromatic heterocycles. The highest BCUT2D eigenvalue weighted by atomic mass is 32.2. The molecule has 1 fully saturated rings. The van der Waals surface area contributed by atoms with Gasteiger partial charge in [0.2, 0.25) is 0 Å². The molecule has 1 saturated heterocycles. The molecule has 5 heteroatoms. The number of aliphatic carboxylic acids is 1. The maximum absolute atomic E-state index is 9.87. The average molecular weight is 275 g/mol. The third-order valence-corrected chi connectivity index (χ3v) is 3.36. The molecule has 0 saturated carbocycles. The Balaban J connectivity index is 0.000000240. The van der Waals surface area contributed by atoms with Crippen molar-refractivity contribution >= 4 is 29.3 Å². The van der Waals surface area contributed by atoms with Crippen LogP contribution in [0.5, 0.6) is 0 Å². The fourth-order valence-electron chi connectivity index (χ4n) is 0.798. The molecule has 0 amide bonds. The Morgan fingerprint density at radius 1 is 1.53 bits per heavy atom. The van der Waals surface area contributed by atoms with Crippen molar-refractivity contribution in [3.63, 3.8) is 0 Å². The molecule has 1 N–H and O–H groups in total. The SMILES string of the molecule is CC1CS1.CCCCCC(=O)O.c1cnsc1. The first kappa shape index (κ1) is 16.4. The zero-order valence-corrected chi connectivity index (χ0v) is 12.1. The maximum atomic E-state index is 9.87. The van der Waals surface area contributed by atoms with E-state index >= 15 is 0 Å². The molecule has 1 unspecified atom stereocenters. The molecule has 0 aromatic carbocycles. The Morgan fingerprint density at radius 2 is 2.18 bits per heavy atom. The number of hydrogen-bond donors (Lipinski definition) is 1. The van der Waals surface area contributed by atoms with Gasteiger partial charge in [-0.3, -0.25) is 4.79 Å². The van der Waals surface area contributed by atoms with Crippen molar-refractivity contribution in [3.8, 4) is 0 Å². The number of nitrogens with zero attached hydrogens (tertiary/aromatic N) is 1. The number of aromatic nitrogens is 1. The molecule has 0 bridgehead atoms. The highest BCUT2D eigenvalue weighted by Gasteiger charge is 2.13. The summed E-state index contributed by atoms with van der Waals surface area (Å²) in [6.07, 6.45) is 5.05. The van der Waals surface area contributed by atoms with Gasteiger partial charge >= 0.3 is 5.97 Å². The molecular formula is C12H21NO2S2. The lowest BCUT2D eigenvalue weighted by molar-refractivity contribution is -0.137. The van der Waals surface area contributed by atoms with Gasteiger partial charge in [0.1, 0.15) is 0 Å². The topological polar surface area (TPSA) is 50.2 Å². The second kappa shape index (κ2) is 11.9. The van der Waals surface area contributed by atoms with E-state index in [1.807, 2.05) is 23.2 Å². The third kappa shape index (κ3) is 18.0. The van der Waals surface area contributed by atoms with E-state index in [-0.39, 0.29) is 0 Å². The van der Waals surface area contributed by atoms with E-state index in [0.717, 1.165) is 24.5 Å². The first-order valence-electron chi connectivity index (χ1n) is 5.84. The zero-order valence-electron chi connectivity index (χ0n) is 10.5. The summed E-state index contributed by atoms with van der Waals surface area (Å²) >= 11 is 3.49. The van der Waals surface area contributed by atoms with Crippen LogP contribution < -0.4 is 0 Å². The van der Waals surface area contributed by atoms with Crippen LogP contribution in [0.4, 0.5) is 0 Å². The summed E-state index contributed by atoms with van der Waals surface area (Å²) in [5.41, 5.74) is 0. The summed E-state index contributed by atoms with van der Waals surface area (Å²) < 4.78 is 3.76.